The number of pyridine rings is 1. The van der Waals surface area contributed by atoms with Crippen LogP contribution in [0.25, 0.3) is 10.9 Å². The van der Waals surface area contributed by atoms with Gasteiger partial charge in [-0.15, -0.1) is 0 Å². The summed E-state index contributed by atoms with van der Waals surface area (Å²) in [6, 6.07) is 16.3. The molecule has 5 N–H and O–H groups in total. The number of nitrogens with zero attached hydrogens (tertiary/aromatic N) is 9. The molecule has 3 aromatic rings. The van der Waals surface area contributed by atoms with E-state index in [1.54, 1.807) is 35.4 Å². The van der Waals surface area contributed by atoms with E-state index >= 15 is 0 Å². The van der Waals surface area contributed by atoms with Gasteiger partial charge in [-0.25, -0.2) is 4.39 Å². The van der Waals surface area contributed by atoms with Crippen LogP contribution in [0.5, 0.6) is 5.75 Å². The van der Waals surface area contributed by atoms with E-state index < -0.39 is 35.7 Å². The fourth-order valence-corrected chi connectivity index (χ4v) is 11.8. The van der Waals surface area contributed by atoms with Crippen LogP contribution in [0, 0.1) is 20.8 Å². The van der Waals surface area contributed by atoms with Crippen LogP contribution in [0.15, 0.2) is 59.8 Å². The summed E-state index contributed by atoms with van der Waals surface area (Å²) in [6.07, 6.45) is 13.7. The van der Waals surface area contributed by atoms with Crippen molar-refractivity contribution >= 4 is 88.2 Å². The van der Waals surface area contributed by atoms with Crippen molar-refractivity contribution in [2.24, 2.45) is 11.0 Å². The van der Waals surface area contributed by atoms with Gasteiger partial charge in [0.15, 0.2) is 0 Å². The maximum atomic E-state index is 14.6. The molecule has 27 heteroatoms. The van der Waals surface area contributed by atoms with Gasteiger partial charge in [0.1, 0.15) is 37.1 Å². The standard InChI is InChI=1S/C64H91FIN13O12/c1-64(65)39-52(40-67)79(44-64)61(85)41-70-63(88)54-21-26-68-56-20-19-53(38-55(54)56)91-37-9-11-50-22-27-78(28-23-50)60(84)14-4-2-3-6-25-71-73-57(12-5-7-24-69-58(82)13-8-10-49-15-17-51(66)18-16-49)72-59(83)42-74-29-30-75(43-62(86)87)32-34-77(46-90-48-81)36-35-76(33-31-74)45-89-47-80/h15-21,25-26,38,47-48,50,52,57,73H,2-14,22-24,27-37,39,41-46H2,1H3,(H,69,82)(H,70,88)(H,72,83)(H,86,87)/b71-25+/t52-,57-,64?/m1/s1. The molecule has 0 saturated carbocycles. The Bertz CT molecular complexity index is 2880. The largest absolute Gasteiger partial charge is 0.494 e. The molecule has 3 fully saturated rings. The van der Waals surface area contributed by atoms with Crippen LogP contribution in [0.1, 0.15) is 119 Å². The first kappa shape index (κ1) is 72.9. The SMILES string of the molecule is CC1(F)C[C@H](C#N)N(C(=O)CNC(=O)c2ccnc3ccc(OCCCC4CCN(C(=O)CCCCC/C=N/N[C@H](CCCCNC(=O)CCCc5ccc(I)cc5)NC(=O)CN5CCN(COC=O)CCN(COC=O)CCN(CC(=O)O)CC5)CC4)cc23)C1. The fraction of sp³-hybridized carbons (Fsp3) is 0.609. The number of hydrazone groups is 1. The monoisotopic (exact) mass is 1380 g/mol. The Hall–Kier alpha value is -7.13. The molecule has 2 aromatic carbocycles. The Balaban J connectivity index is 0.904. The van der Waals surface area contributed by atoms with Crippen LogP contribution in [0.4, 0.5) is 4.39 Å². The number of aromatic nitrogens is 1. The Morgan fingerprint density at radius 2 is 1.48 bits per heavy atom. The highest BCUT2D eigenvalue weighted by Crippen LogP contribution is 2.30. The number of amides is 5. The van der Waals surface area contributed by atoms with Crippen LogP contribution in [-0.2, 0) is 49.5 Å². The molecule has 498 valence electrons. The molecule has 1 aromatic heterocycles. The number of likely N-dealkylation sites (tertiary alicyclic amines) is 2. The summed E-state index contributed by atoms with van der Waals surface area (Å²) in [5.41, 5.74) is 3.54. The zero-order valence-corrected chi connectivity index (χ0v) is 54.6. The van der Waals surface area contributed by atoms with Gasteiger partial charge < -0.3 is 45.1 Å². The van der Waals surface area contributed by atoms with Crippen LogP contribution in [0.2, 0.25) is 0 Å². The van der Waals surface area contributed by atoms with Gasteiger partial charge in [-0.1, -0.05) is 18.6 Å². The number of ether oxygens (including phenoxy) is 3. The van der Waals surface area contributed by atoms with E-state index in [-0.39, 0.29) is 63.8 Å². The lowest BCUT2D eigenvalue weighted by atomic mass is 9.92. The third kappa shape index (κ3) is 27.3. The number of aryl methyl sites for hydroxylation is 1. The lowest BCUT2D eigenvalue weighted by Crippen LogP contribution is -2.51. The smallest absolute Gasteiger partial charge is 0.317 e. The van der Waals surface area contributed by atoms with Crippen molar-refractivity contribution < 1.29 is 62.1 Å². The minimum absolute atomic E-state index is 0.00190. The molecule has 3 saturated heterocycles. The normalized spacial score (nSPS) is 18.7. The van der Waals surface area contributed by atoms with Gasteiger partial charge in [0, 0.05) is 113 Å². The number of carboxylic acid groups (broad SMARTS) is 1. The van der Waals surface area contributed by atoms with E-state index in [9.17, 15) is 53.1 Å². The zero-order valence-electron chi connectivity index (χ0n) is 52.4. The average molecular weight is 1380 g/mol. The molecular weight excluding hydrogens is 1290 g/mol. The molecule has 0 bridgehead atoms. The van der Waals surface area contributed by atoms with E-state index in [1.165, 1.54) is 23.6 Å². The van der Waals surface area contributed by atoms with Crippen molar-refractivity contribution in [3.63, 3.8) is 0 Å². The van der Waals surface area contributed by atoms with E-state index in [0.29, 0.717) is 158 Å². The first-order valence-corrected chi connectivity index (χ1v) is 32.8. The summed E-state index contributed by atoms with van der Waals surface area (Å²) in [5.74, 6) is -1.09. The summed E-state index contributed by atoms with van der Waals surface area (Å²) in [5, 5.41) is 32.9. The van der Waals surface area contributed by atoms with Gasteiger partial charge in [0.2, 0.25) is 23.6 Å². The predicted molar refractivity (Wildman–Crippen MR) is 347 cm³/mol. The summed E-state index contributed by atoms with van der Waals surface area (Å²) in [6.45, 7) is 6.93. The van der Waals surface area contributed by atoms with E-state index in [0.717, 1.165) is 61.4 Å². The number of rotatable bonds is 36. The number of unbranched alkanes of at least 4 members (excludes halogenated alkanes) is 4. The third-order valence-corrected chi connectivity index (χ3v) is 17.2. The molecule has 91 heavy (non-hydrogen) atoms. The summed E-state index contributed by atoms with van der Waals surface area (Å²) in [4.78, 5) is 115. The van der Waals surface area contributed by atoms with Gasteiger partial charge in [-0.2, -0.15) is 10.4 Å². The molecule has 3 atom stereocenters. The lowest BCUT2D eigenvalue weighted by Gasteiger charge is -2.33. The minimum atomic E-state index is -1.67. The zero-order chi connectivity index (χ0) is 65.2. The Kier molecular flexibility index (Phi) is 32.0. The first-order valence-electron chi connectivity index (χ1n) is 31.8. The number of carbonyl (C=O) groups excluding carboxylic acids is 7. The molecule has 25 nitrogen and oxygen atoms in total. The number of nitriles is 1. The highest BCUT2D eigenvalue weighted by Gasteiger charge is 2.43. The highest BCUT2D eigenvalue weighted by molar-refractivity contribution is 14.1. The number of halogens is 2. The van der Waals surface area contributed by atoms with Crippen molar-refractivity contribution in [3.05, 3.63) is 69.4 Å². The number of benzene rings is 2. The molecule has 3 aliphatic heterocycles. The Labute approximate surface area is 546 Å². The van der Waals surface area contributed by atoms with E-state index in [4.69, 9.17) is 14.2 Å². The molecule has 1 unspecified atom stereocenters. The maximum Gasteiger partial charge on any atom is 0.317 e. The van der Waals surface area contributed by atoms with Crippen molar-refractivity contribution in [3.8, 4) is 11.8 Å². The third-order valence-electron chi connectivity index (χ3n) is 16.5. The molecule has 6 rings (SSSR count). The molecule has 3 aliphatic rings. The number of carboxylic acids is 1. The van der Waals surface area contributed by atoms with Gasteiger partial charge >= 0.3 is 5.97 Å². The predicted octanol–water partition coefficient (Wildman–Crippen LogP) is 4.66. The van der Waals surface area contributed by atoms with Crippen molar-refractivity contribution in [1.29, 1.82) is 5.26 Å². The Morgan fingerprint density at radius 1 is 0.802 bits per heavy atom. The fourth-order valence-electron chi connectivity index (χ4n) is 11.4. The van der Waals surface area contributed by atoms with Gasteiger partial charge in [0.25, 0.3) is 18.9 Å². The van der Waals surface area contributed by atoms with Crippen LogP contribution in [-0.4, -0.2) is 230 Å². The van der Waals surface area contributed by atoms with E-state index in [1.807, 2.05) is 25.7 Å². The van der Waals surface area contributed by atoms with Crippen LogP contribution < -0.4 is 26.1 Å². The number of alkyl halides is 1. The molecule has 4 heterocycles. The molecule has 0 spiro atoms. The number of nitrogens with one attached hydrogen (secondary N) is 4. The summed E-state index contributed by atoms with van der Waals surface area (Å²) in [7, 11) is 0. The molecule has 5 amide bonds. The first-order chi connectivity index (χ1) is 44.0. The van der Waals surface area contributed by atoms with Crippen molar-refractivity contribution in [2.45, 2.75) is 128 Å². The number of carbonyl (C=O) groups is 8. The number of hydrogen-bond donors (Lipinski definition) is 5. The number of fused-ring (bicyclic) bond motifs is 1. The van der Waals surface area contributed by atoms with Crippen LogP contribution >= 0.6 is 22.6 Å². The lowest BCUT2D eigenvalue weighted by molar-refractivity contribution is -0.139. The van der Waals surface area contributed by atoms with Crippen molar-refractivity contribution in [2.75, 3.05) is 118 Å². The average Bonchev–Trinajstić information content (AvgIpc) is 2.65. The highest BCUT2D eigenvalue weighted by atomic mass is 127. The van der Waals surface area contributed by atoms with Gasteiger partial charge in [0.05, 0.1) is 49.9 Å². The second-order valence-corrected chi connectivity index (χ2v) is 25.0. The number of piperidine rings is 1. The van der Waals surface area contributed by atoms with Gasteiger partial charge in [-0.05, 0) is 154 Å². The van der Waals surface area contributed by atoms with Crippen molar-refractivity contribution in [1.82, 2.24) is 55.8 Å². The van der Waals surface area contributed by atoms with E-state index in [2.05, 4.69) is 78.3 Å². The second kappa shape index (κ2) is 40.0. The summed E-state index contributed by atoms with van der Waals surface area (Å²) >= 11 is 2.27. The molecule has 0 radical (unpaired) electrons. The summed E-state index contributed by atoms with van der Waals surface area (Å²) < 4.78 is 31.9. The van der Waals surface area contributed by atoms with Crippen LogP contribution in [0.3, 0.4) is 0 Å². The molecule has 0 aliphatic carbocycles. The number of hydrogen-bond acceptors (Lipinski definition) is 19. The second-order valence-electron chi connectivity index (χ2n) is 23.8. The quantitative estimate of drug-likeness (QED) is 0.0132. The topological polar surface area (TPSA) is 301 Å². The minimum Gasteiger partial charge on any atom is -0.494 e. The Morgan fingerprint density at radius 3 is 2.15 bits per heavy atom. The number of aliphatic carboxylic acids is 1. The van der Waals surface area contributed by atoms with Gasteiger partial charge in [-0.3, -0.25) is 68.4 Å². The maximum absolute atomic E-state index is 14.6. The molecular formula is C64H91FIN13O12.